The molecule has 1 N–H and O–H groups in total. The Balaban J connectivity index is 1.38. The van der Waals surface area contributed by atoms with E-state index in [4.69, 9.17) is 0 Å². The summed E-state index contributed by atoms with van der Waals surface area (Å²) in [6, 6.07) is 11.7. The fourth-order valence-corrected chi connectivity index (χ4v) is 3.51. The Bertz CT molecular complexity index is 1030. The van der Waals surface area contributed by atoms with E-state index < -0.39 is 11.7 Å². The number of benzene rings is 1. The van der Waals surface area contributed by atoms with Gasteiger partial charge in [0.2, 0.25) is 0 Å². The first-order chi connectivity index (χ1) is 14.3. The molecule has 1 aliphatic rings. The minimum Gasteiger partial charge on any atom is -0.353 e. The Morgan fingerprint density at radius 1 is 1.03 bits per heavy atom. The summed E-state index contributed by atoms with van der Waals surface area (Å²) in [4.78, 5) is 20.3. The molecule has 0 radical (unpaired) electrons. The number of hydrogen-bond donors (Lipinski definition) is 1. The molecule has 3 aromatic rings. The molecule has 1 amide bonds. The third kappa shape index (κ3) is 4.33. The first-order valence-electron chi connectivity index (χ1n) is 9.20. The number of H-pyrrole nitrogens is 1. The molecular weight excluding hydrogens is 463 g/mol. The fourth-order valence-electron chi connectivity index (χ4n) is 3.25. The lowest BCUT2D eigenvalue weighted by Crippen LogP contribution is -2.49. The molecule has 1 fully saturated rings. The number of pyridine rings is 1. The van der Waals surface area contributed by atoms with Gasteiger partial charge in [-0.1, -0.05) is 28.1 Å². The van der Waals surface area contributed by atoms with E-state index in [-0.39, 0.29) is 5.91 Å². The normalized spacial score (nSPS) is 14.8. The van der Waals surface area contributed by atoms with Crippen LogP contribution in [0.2, 0.25) is 0 Å². The SMILES string of the molecule is O=C(c1cc(-c2ccc(Br)cc2)n[nH]1)N1CCN(c2ccc(C(F)(F)F)cn2)CC1. The van der Waals surface area contributed by atoms with E-state index in [1.54, 1.807) is 11.0 Å². The number of amides is 1. The number of nitrogens with one attached hydrogen (secondary N) is 1. The summed E-state index contributed by atoms with van der Waals surface area (Å²) in [6.07, 6.45) is -3.57. The van der Waals surface area contributed by atoms with Gasteiger partial charge in [0.25, 0.3) is 5.91 Å². The number of carbonyl (C=O) groups excluding carboxylic acids is 1. The van der Waals surface area contributed by atoms with Crippen molar-refractivity contribution in [3.05, 3.63) is 64.4 Å². The molecule has 1 aliphatic heterocycles. The van der Waals surface area contributed by atoms with E-state index in [1.165, 1.54) is 6.07 Å². The van der Waals surface area contributed by atoms with Crippen molar-refractivity contribution in [2.75, 3.05) is 31.1 Å². The van der Waals surface area contributed by atoms with Crippen LogP contribution >= 0.6 is 15.9 Å². The van der Waals surface area contributed by atoms with Crippen LogP contribution in [0, 0.1) is 0 Å². The van der Waals surface area contributed by atoms with Gasteiger partial charge in [0.05, 0.1) is 11.3 Å². The predicted octanol–water partition coefficient (Wildman–Crippen LogP) is 4.22. The molecule has 0 saturated carbocycles. The van der Waals surface area contributed by atoms with E-state index >= 15 is 0 Å². The zero-order valence-corrected chi connectivity index (χ0v) is 17.2. The van der Waals surface area contributed by atoms with Crippen molar-refractivity contribution < 1.29 is 18.0 Å². The van der Waals surface area contributed by atoms with E-state index in [2.05, 4.69) is 31.1 Å². The van der Waals surface area contributed by atoms with Crippen LogP contribution in [0.1, 0.15) is 16.1 Å². The predicted molar refractivity (Wildman–Crippen MR) is 109 cm³/mol. The topological polar surface area (TPSA) is 65.1 Å². The summed E-state index contributed by atoms with van der Waals surface area (Å²) in [5.41, 5.74) is 1.19. The minimum absolute atomic E-state index is 0.161. The highest BCUT2D eigenvalue weighted by Crippen LogP contribution is 2.29. The number of rotatable bonds is 3. The summed E-state index contributed by atoms with van der Waals surface area (Å²) in [6.45, 7) is 1.85. The van der Waals surface area contributed by atoms with Gasteiger partial charge in [-0.05, 0) is 30.3 Å². The van der Waals surface area contributed by atoms with Crippen LogP contribution < -0.4 is 4.90 Å². The highest BCUT2D eigenvalue weighted by molar-refractivity contribution is 9.10. The average Bonchev–Trinajstić information content (AvgIpc) is 3.24. The van der Waals surface area contributed by atoms with E-state index in [0.717, 1.165) is 22.3 Å². The first kappa shape index (κ1) is 20.4. The van der Waals surface area contributed by atoms with Crippen LogP contribution in [-0.4, -0.2) is 52.2 Å². The molecule has 6 nitrogen and oxygen atoms in total. The Hall–Kier alpha value is -2.88. The highest BCUT2D eigenvalue weighted by atomic mass is 79.9. The molecule has 0 atom stereocenters. The van der Waals surface area contributed by atoms with Gasteiger partial charge in [0, 0.05) is 42.4 Å². The van der Waals surface area contributed by atoms with Crippen molar-refractivity contribution in [3.8, 4) is 11.3 Å². The van der Waals surface area contributed by atoms with Gasteiger partial charge >= 0.3 is 6.18 Å². The van der Waals surface area contributed by atoms with Gasteiger partial charge in [0.1, 0.15) is 11.5 Å². The van der Waals surface area contributed by atoms with Gasteiger partial charge in [0.15, 0.2) is 0 Å². The van der Waals surface area contributed by atoms with Crippen LogP contribution in [0.3, 0.4) is 0 Å². The molecule has 1 saturated heterocycles. The third-order valence-electron chi connectivity index (χ3n) is 4.91. The molecule has 3 heterocycles. The number of aromatic amines is 1. The number of piperazine rings is 1. The Morgan fingerprint density at radius 2 is 1.73 bits per heavy atom. The van der Waals surface area contributed by atoms with Crippen molar-refractivity contribution in [3.63, 3.8) is 0 Å². The molecule has 0 unspecified atom stereocenters. The van der Waals surface area contributed by atoms with Crippen molar-refractivity contribution in [1.82, 2.24) is 20.1 Å². The quantitative estimate of drug-likeness (QED) is 0.610. The first-order valence-corrected chi connectivity index (χ1v) is 9.99. The fraction of sp³-hybridized carbons (Fsp3) is 0.250. The molecular formula is C20H17BrF3N5O. The maximum absolute atomic E-state index is 12.8. The second kappa shape index (κ2) is 8.10. The standard InChI is InChI=1S/C20H17BrF3N5O/c21-15-4-1-13(2-5-15)16-11-17(27-26-16)19(30)29-9-7-28(8-10-29)18-6-3-14(12-25-18)20(22,23)24/h1-6,11-12H,7-10H2,(H,26,27). The molecule has 0 bridgehead atoms. The number of aromatic nitrogens is 3. The Labute approximate surface area is 178 Å². The van der Waals surface area contributed by atoms with Gasteiger partial charge in [-0.15, -0.1) is 0 Å². The summed E-state index contributed by atoms with van der Waals surface area (Å²) < 4.78 is 39.0. The van der Waals surface area contributed by atoms with Crippen LogP contribution in [-0.2, 0) is 6.18 Å². The van der Waals surface area contributed by atoms with Crippen molar-refractivity contribution in [2.45, 2.75) is 6.18 Å². The maximum Gasteiger partial charge on any atom is 0.417 e. The zero-order valence-electron chi connectivity index (χ0n) is 15.7. The lowest BCUT2D eigenvalue weighted by molar-refractivity contribution is -0.137. The second-order valence-electron chi connectivity index (χ2n) is 6.86. The summed E-state index contributed by atoms with van der Waals surface area (Å²) in [5, 5.41) is 7.02. The molecule has 156 valence electrons. The number of hydrogen-bond acceptors (Lipinski definition) is 4. The van der Waals surface area contributed by atoms with Crippen molar-refractivity contribution in [1.29, 1.82) is 0 Å². The summed E-state index contributed by atoms with van der Waals surface area (Å²) in [7, 11) is 0. The van der Waals surface area contributed by atoms with Crippen LogP contribution in [0.15, 0.2) is 53.1 Å². The molecule has 0 spiro atoms. The van der Waals surface area contributed by atoms with Crippen LogP contribution in [0.5, 0.6) is 0 Å². The summed E-state index contributed by atoms with van der Waals surface area (Å²) in [5.74, 6) is 0.306. The van der Waals surface area contributed by atoms with Crippen molar-refractivity contribution >= 4 is 27.7 Å². The van der Waals surface area contributed by atoms with Gasteiger partial charge in [-0.2, -0.15) is 18.3 Å². The smallest absolute Gasteiger partial charge is 0.353 e. The second-order valence-corrected chi connectivity index (χ2v) is 7.77. The van der Waals surface area contributed by atoms with E-state index in [1.807, 2.05) is 29.2 Å². The van der Waals surface area contributed by atoms with Crippen molar-refractivity contribution in [2.24, 2.45) is 0 Å². The lowest BCUT2D eigenvalue weighted by atomic mass is 10.1. The van der Waals surface area contributed by atoms with Gasteiger partial charge in [-0.25, -0.2) is 4.98 Å². The highest BCUT2D eigenvalue weighted by Gasteiger charge is 2.31. The molecule has 30 heavy (non-hydrogen) atoms. The molecule has 2 aromatic heterocycles. The van der Waals surface area contributed by atoms with Crippen LogP contribution in [0.4, 0.5) is 19.0 Å². The largest absolute Gasteiger partial charge is 0.417 e. The summed E-state index contributed by atoms with van der Waals surface area (Å²) >= 11 is 3.38. The van der Waals surface area contributed by atoms with E-state index in [9.17, 15) is 18.0 Å². The molecule has 0 aliphatic carbocycles. The van der Waals surface area contributed by atoms with E-state index in [0.29, 0.717) is 43.4 Å². The molecule has 1 aromatic carbocycles. The van der Waals surface area contributed by atoms with Crippen LogP contribution in [0.25, 0.3) is 11.3 Å². The van der Waals surface area contributed by atoms with Gasteiger partial charge in [-0.3, -0.25) is 9.89 Å². The van der Waals surface area contributed by atoms with Gasteiger partial charge < -0.3 is 9.80 Å². The third-order valence-corrected chi connectivity index (χ3v) is 5.44. The zero-order chi connectivity index (χ0) is 21.3. The maximum atomic E-state index is 12.8. The number of halogens is 4. The number of anilines is 1. The monoisotopic (exact) mass is 479 g/mol. The average molecular weight is 480 g/mol. The Kier molecular flexibility index (Phi) is 5.50. The number of nitrogens with zero attached hydrogens (tertiary/aromatic N) is 4. The molecule has 10 heteroatoms. The molecule has 4 rings (SSSR count). The number of carbonyl (C=O) groups is 1. The Morgan fingerprint density at radius 3 is 2.33 bits per heavy atom. The minimum atomic E-state index is -4.41. The number of alkyl halides is 3. The lowest BCUT2D eigenvalue weighted by Gasteiger charge is -2.35.